The molecule has 0 radical (unpaired) electrons. The van der Waals surface area contributed by atoms with Gasteiger partial charge in [-0.3, -0.25) is 9.59 Å². The minimum Gasteiger partial charge on any atom is -0.507 e. The van der Waals surface area contributed by atoms with E-state index < -0.39 is 0 Å². The summed E-state index contributed by atoms with van der Waals surface area (Å²) in [7, 11) is 0. The number of aromatic hydroxyl groups is 1. The van der Waals surface area contributed by atoms with Gasteiger partial charge in [-0.25, -0.2) is 0 Å². The molecule has 1 aromatic carbocycles. The Kier molecular flexibility index (Phi) is 8.69. The summed E-state index contributed by atoms with van der Waals surface area (Å²) >= 11 is 0. The number of phenolic OH excluding ortho intramolecular Hbond substituents is 1. The number of carbonyl (C=O) groups is 2. The van der Waals surface area contributed by atoms with E-state index in [1.54, 1.807) is 0 Å². The Bertz CT molecular complexity index is 678. The molecule has 0 aliphatic heterocycles. The molecular weight excluding hydrogens is 370 g/mol. The van der Waals surface area contributed by atoms with E-state index in [4.69, 9.17) is 9.84 Å². The molecule has 0 heterocycles. The number of amides is 1. The number of aryl methyl sites for hydroxylation is 1. The zero-order valence-electron chi connectivity index (χ0n) is 19.0. The van der Waals surface area contributed by atoms with E-state index in [1.807, 2.05) is 12.1 Å². The summed E-state index contributed by atoms with van der Waals surface area (Å²) in [5.74, 6) is -0.173. The Balaban J connectivity index is 2.81. The van der Waals surface area contributed by atoms with Crippen molar-refractivity contribution in [2.24, 2.45) is 0 Å². The highest BCUT2D eigenvalue weighted by atomic mass is 16.5. The van der Waals surface area contributed by atoms with Gasteiger partial charge in [-0.2, -0.15) is 0 Å². The van der Waals surface area contributed by atoms with Crippen LogP contribution in [0.1, 0.15) is 71.6 Å². The van der Waals surface area contributed by atoms with Gasteiger partial charge in [0.1, 0.15) is 12.4 Å². The lowest BCUT2D eigenvalue weighted by atomic mass is 9.78. The third-order valence-electron chi connectivity index (χ3n) is 4.84. The van der Waals surface area contributed by atoms with E-state index in [-0.39, 0.29) is 55.4 Å². The normalized spacial score (nSPS) is 12.0. The second kappa shape index (κ2) is 10.1. The first-order valence-corrected chi connectivity index (χ1v) is 10.2. The molecule has 0 saturated carbocycles. The number of nitrogens with zero attached hydrogens (tertiary/aromatic N) is 1. The molecule has 0 aliphatic rings. The fraction of sp³-hybridized carbons (Fsp3) is 0.652. The molecule has 0 saturated heterocycles. The van der Waals surface area contributed by atoms with E-state index in [0.29, 0.717) is 12.2 Å². The summed E-state index contributed by atoms with van der Waals surface area (Å²) in [6.45, 7) is 14.2. The first kappa shape index (κ1) is 25.0. The first-order valence-electron chi connectivity index (χ1n) is 10.2. The van der Waals surface area contributed by atoms with Crippen LogP contribution in [-0.4, -0.2) is 53.3 Å². The van der Waals surface area contributed by atoms with Crippen LogP contribution in [0.25, 0.3) is 0 Å². The highest BCUT2D eigenvalue weighted by Gasteiger charge is 2.26. The molecule has 6 heteroatoms. The molecule has 6 nitrogen and oxygen atoms in total. The Morgan fingerprint density at radius 2 is 1.52 bits per heavy atom. The molecule has 2 N–H and O–H groups in total. The number of rotatable bonds is 8. The van der Waals surface area contributed by atoms with Crippen LogP contribution in [0.3, 0.4) is 0 Å². The molecule has 29 heavy (non-hydrogen) atoms. The fourth-order valence-corrected chi connectivity index (χ4v) is 3.12. The maximum atomic E-state index is 12.1. The van der Waals surface area contributed by atoms with Crippen molar-refractivity contribution in [1.29, 1.82) is 0 Å². The number of esters is 1. The van der Waals surface area contributed by atoms with Crippen molar-refractivity contribution in [3.05, 3.63) is 28.8 Å². The molecule has 0 atom stereocenters. The third kappa shape index (κ3) is 7.69. The second-order valence-corrected chi connectivity index (χ2v) is 9.49. The number of aliphatic hydroxyl groups excluding tert-OH is 1. The Hall–Kier alpha value is -2.08. The number of ether oxygens (including phenoxy) is 1. The molecule has 164 valence electrons. The minimum absolute atomic E-state index is 0.106. The van der Waals surface area contributed by atoms with Crippen LogP contribution in [0.4, 0.5) is 0 Å². The van der Waals surface area contributed by atoms with Crippen LogP contribution in [0.2, 0.25) is 0 Å². The van der Waals surface area contributed by atoms with Crippen LogP contribution in [0, 0.1) is 0 Å². The van der Waals surface area contributed by atoms with Crippen molar-refractivity contribution in [3.8, 4) is 5.75 Å². The van der Waals surface area contributed by atoms with Gasteiger partial charge in [0.05, 0.1) is 13.2 Å². The van der Waals surface area contributed by atoms with Crippen molar-refractivity contribution in [3.63, 3.8) is 0 Å². The van der Waals surface area contributed by atoms with Gasteiger partial charge in [-0.05, 0) is 33.9 Å². The lowest BCUT2D eigenvalue weighted by molar-refractivity contribution is -0.145. The van der Waals surface area contributed by atoms with Crippen molar-refractivity contribution < 1.29 is 24.5 Å². The molecule has 0 aromatic heterocycles. The molecule has 0 unspecified atom stereocenters. The third-order valence-corrected chi connectivity index (χ3v) is 4.84. The molecule has 1 amide bonds. The van der Waals surface area contributed by atoms with Gasteiger partial charge in [0.15, 0.2) is 0 Å². The first-order chi connectivity index (χ1) is 13.3. The molecule has 0 bridgehead atoms. The smallest absolute Gasteiger partial charge is 0.306 e. The Morgan fingerprint density at radius 1 is 1.00 bits per heavy atom. The van der Waals surface area contributed by atoms with Gasteiger partial charge in [-0.1, -0.05) is 53.7 Å². The fourth-order valence-electron chi connectivity index (χ4n) is 3.12. The zero-order valence-corrected chi connectivity index (χ0v) is 19.0. The largest absolute Gasteiger partial charge is 0.507 e. The van der Waals surface area contributed by atoms with Crippen LogP contribution in [0.5, 0.6) is 5.75 Å². The highest BCUT2D eigenvalue weighted by Crippen LogP contribution is 2.39. The van der Waals surface area contributed by atoms with Crippen LogP contribution in [-0.2, 0) is 31.6 Å². The van der Waals surface area contributed by atoms with Gasteiger partial charge in [0.2, 0.25) is 5.91 Å². The summed E-state index contributed by atoms with van der Waals surface area (Å²) < 4.78 is 5.25. The van der Waals surface area contributed by atoms with Crippen LogP contribution in [0.15, 0.2) is 12.1 Å². The Morgan fingerprint density at radius 3 is 1.93 bits per heavy atom. The van der Waals surface area contributed by atoms with Crippen LogP contribution < -0.4 is 0 Å². The topological polar surface area (TPSA) is 87.1 Å². The monoisotopic (exact) mass is 407 g/mol. The van der Waals surface area contributed by atoms with Gasteiger partial charge in [-0.15, -0.1) is 0 Å². The number of hydrogen-bond acceptors (Lipinski definition) is 5. The molecular formula is C23H37NO5. The maximum Gasteiger partial charge on any atom is 0.306 e. The molecule has 1 aromatic rings. The zero-order chi connectivity index (χ0) is 22.4. The summed E-state index contributed by atoms with van der Waals surface area (Å²) in [6, 6.07) is 3.94. The summed E-state index contributed by atoms with van der Waals surface area (Å²) in [5.41, 5.74) is 2.29. The highest BCUT2D eigenvalue weighted by molar-refractivity contribution is 5.73. The van der Waals surface area contributed by atoms with Crippen LogP contribution >= 0.6 is 0 Å². The quantitative estimate of drug-likeness (QED) is 0.646. The number of benzene rings is 1. The van der Waals surface area contributed by atoms with E-state index in [0.717, 1.165) is 16.7 Å². The van der Waals surface area contributed by atoms with Gasteiger partial charge in [0.25, 0.3) is 0 Å². The number of hydrogen-bond donors (Lipinski definition) is 2. The lowest BCUT2D eigenvalue weighted by Gasteiger charge is -2.28. The number of carbonyl (C=O) groups excluding carboxylic acids is 2. The summed E-state index contributed by atoms with van der Waals surface area (Å²) in [6.07, 6.45) is 0.732. The van der Waals surface area contributed by atoms with E-state index >= 15 is 0 Å². The molecule has 1 rings (SSSR count). The average molecular weight is 408 g/mol. The van der Waals surface area contributed by atoms with E-state index in [1.165, 1.54) is 11.8 Å². The Labute approximate surface area is 174 Å². The van der Waals surface area contributed by atoms with E-state index in [2.05, 4.69) is 41.5 Å². The predicted molar refractivity (Wildman–Crippen MR) is 114 cm³/mol. The minimum atomic E-state index is -0.333. The number of phenols is 1. The van der Waals surface area contributed by atoms with Crippen molar-refractivity contribution in [2.45, 2.75) is 72.1 Å². The SMILES string of the molecule is CC(=O)N(CCO)CCOC(=O)CCc1cc(C(C)(C)C)c(O)c(C(C)(C)C)c1. The molecule has 0 aliphatic carbocycles. The molecule has 0 fully saturated rings. The summed E-state index contributed by atoms with van der Waals surface area (Å²) in [5, 5.41) is 19.7. The van der Waals surface area contributed by atoms with E-state index in [9.17, 15) is 14.7 Å². The average Bonchev–Trinajstić information content (AvgIpc) is 2.57. The van der Waals surface area contributed by atoms with Gasteiger partial charge < -0.3 is 19.8 Å². The molecule has 0 spiro atoms. The van der Waals surface area contributed by atoms with Crippen molar-refractivity contribution in [2.75, 3.05) is 26.3 Å². The lowest BCUT2D eigenvalue weighted by Crippen LogP contribution is -2.34. The van der Waals surface area contributed by atoms with Crippen molar-refractivity contribution >= 4 is 11.9 Å². The predicted octanol–water partition coefficient (Wildman–Crippen LogP) is 3.30. The summed E-state index contributed by atoms with van der Waals surface area (Å²) in [4.78, 5) is 25.0. The standard InChI is InChI=1S/C23H37NO5/c1-16(26)24(10-12-25)11-13-29-20(27)9-8-17-14-18(22(2,3)4)21(28)19(15-17)23(5,6)7/h14-15,25,28H,8-13H2,1-7H3. The number of aliphatic hydroxyl groups is 1. The second-order valence-electron chi connectivity index (χ2n) is 9.49. The van der Waals surface area contributed by atoms with Crippen molar-refractivity contribution in [1.82, 2.24) is 4.90 Å². The maximum absolute atomic E-state index is 12.1. The van der Waals surface area contributed by atoms with Gasteiger partial charge >= 0.3 is 5.97 Å². The van der Waals surface area contributed by atoms with Gasteiger partial charge in [0, 0.05) is 19.9 Å².